The van der Waals surface area contributed by atoms with Gasteiger partial charge in [0.25, 0.3) is 0 Å². The lowest BCUT2D eigenvalue weighted by atomic mass is 10.2. The zero-order valence-corrected chi connectivity index (χ0v) is 10.0. The van der Waals surface area contributed by atoms with Gasteiger partial charge in [-0.05, 0) is 6.07 Å². The number of rotatable bonds is 3. The molecule has 0 saturated carbocycles. The van der Waals surface area contributed by atoms with Crippen LogP contribution in [-0.4, -0.2) is 9.97 Å². The van der Waals surface area contributed by atoms with Gasteiger partial charge in [0, 0.05) is 10.0 Å². The maximum Gasteiger partial charge on any atom is 0.316 e. The van der Waals surface area contributed by atoms with Crippen molar-refractivity contribution >= 4 is 21.6 Å². The summed E-state index contributed by atoms with van der Waals surface area (Å²) < 4.78 is 6.43. The molecule has 5 heteroatoms. The van der Waals surface area contributed by atoms with Gasteiger partial charge < -0.3 is 10.5 Å². The van der Waals surface area contributed by atoms with Crippen LogP contribution in [0, 0.1) is 0 Å². The van der Waals surface area contributed by atoms with Gasteiger partial charge in [-0.1, -0.05) is 34.1 Å². The third-order valence-electron chi connectivity index (χ3n) is 1.96. The second-order valence-electron chi connectivity index (χ2n) is 3.18. The van der Waals surface area contributed by atoms with E-state index in [0.29, 0.717) is 18.3 Å². The van der Waals surface area contributed by atoms with E-state index in [1.165, 1.54) is 12.4 Å². The summed E-state index contributed by atoms with van der Waals surface area (Å²) in [5.41, 5.74) is 7.04. The summed E-state index contributed by atoms with van der Waals surface area (Å²) in [6.45, 7) is 0.422. The number of hydrogen-bond donors (Lipinski definition) is 1. The first-order valence-electron chi connectivity index (χ1n) is 4.69. The summed E-state index contributed by atoms with van der Waals surface area (Å²) in [5, 5.41) is 0. The van der Waals surface area contributed by atoms with Crippen molar-refractivity contribution in [3.05, 3.63) is 46.7 Å². The van der Waals surface area contributed by atoms with Crippen LogP contribution in [0.5, 0.6) is 6.01 Å². The van der Waals surface area contributed by atoms with E-state index in [2.05, 4.69) is 25.9 Å². The summed E-state index contributed by atoms with van der Waals surface area (Å²) in [7, 11) is 0. The Balaban J connectivity index is 2.02. The smallest absolute Gasteiger partial charge is 0.316 e. The molecule has 0 saturated heterocycles. The Hall–Kier alpha value is -1.62. The van der Waals surface area contributed by atoms with Gasteiger partial charge in [0.05, 0.1) is 18.1 Å². The van der Waals surface area contributed by atoms with E-state index in [0.717, 1.165) is 10.0 Å². The summed E-state index contributed by atoms with van der Waals surface area (Å²) in [5.74, 6) is 0. The quantitative estimate of drug-likeness (QED) is 0.937. The third kappa shape index (κ3) is 2.70. The lowest BCUT2D eigenvalue weighted by Gasteiger charge is -2.05. The molecule has 16 heavy (non-hydrogen) atoms. The van der Waals surface area contributed by atoms with Crippen molar-refractivity contribution in [1.82, 2.24) is 9.97 Å². The lowest BCUT2D eigenvalue weighted by Crippen LogP contribution is -2.00. The summed E-state index contributed by atoms with van der Waals surface area (Å²) in [4.78, 5) is 7.90. The lowest BCUT2D eigenvalue weighted by molar-refractivity contribution is 0.280. The molecule has 2 N–H and O–H groups in total. The van der Waals surface area contributed by atoms with Crippen LogP contribution in [0.1, 0.15) is 5.56 Å². The number of anilines is 1. The molecular formula is C11H10BrN3O. The Kier molecular flexibility index (Phi) is 3.36. The van der Waals surface area contributed by atoms with Gasteiger partial charge in [0.1, 0.15) is 6.61 Å². The van der Waals surface area contributed by atoms with Crippen molar-refractivity contribution in [1.29, 1.82) is 0 Å². The number of nitrogens with two attached hydrogens (primary N) is 1. The Morgan fingerprint density at radius 1 is 1.19 bits per heavy atom. The first-order valence-corrected chi connectivity index (χ1v) is 5.49. The largest absolute Gasteiger partial charge is 0.459 e. The Morgan fingerprint density at radius 3 is 2.56 bits per heavy atom. The molecule has 1 aromatic heterocycles. The predicted molar refractivity (Wildman–Crippen MR) is 64.9 cm³/mol. The van der Waals surface area contributed by atoms with Crippen molar-refractivity contribution in [2.24, 2.45) is 0 Å². The van der Waals surface area contributed by atoms with Gasteiger partial charge in [-0.2, -0.15) is 0 Å². The average Bonchev–Trinajstić information content (AvgIpc) is 2.30. The number of aromatic nitrogens is 2. The summed E-state index contributed by atoms with van der Waals surface area (Å²) in [6, 6.07) is 8.16. The molecule has 82 valence electrons. The molecule has 0 spiro atoms. The number of nitrogen functional groups attached to an aromatic ring is 1. The molecule has 0 fully saturated rings. The Labute approximate surface area is 102 Å². The van der Waals surface area contributed by atoms with E-state index in [1.54, 1.807) is 0 Å². The van der Waals surface area contributed by atoms with Crippen molar-refractivity contribution in [2.75, 3.05) is 5.73 Å². The number of ether oxygens (including phenoxy) is 1. The highest BCUT2D eigenvalue weighted by atomic mass is 79.9. The molecule has 2 aromatic rings. The van der Waals surface area contributed by atoms with Crippen LogP contribution in [0.4, 0.5) is 5.69 Å². The molecule has 2 rings (SSSR count). The number of halogens is 1. The number of hydrogen-bond acceptors (Lipinski definition) is 4. The molecule has 0 aliphatic heterocycles. The monoisotopic (exact) mass is 279 g/mol. The molecule has 1 aromatic carbocycles. The fourth-order valence-corrected chi connectivity index (χ4v) is 1.56. The molecule has 0 aliphatic carbocycles. The summed E-state index contributed by atoms with van der Waals surface area (Å²) in [6.07, 6.45) is 3.03. The molecule has 0 unspecified atom stereocenters. The highest BCUT2D eigenvalue weighted by Gasteiger charge is 2.01. The van der Waals surface area contributed by atoms with E-state index in [9.17, 15) is 0 Å². The van der Waals surface area contributed by atoms with E-state index in [-0.39, 0.29) is 0 Å². The van der Waals surface area contributed by atoms with Crippen LogP contribution in [0.3, 0.4) is 0 Å². The molecule has 0 aliphatic rings. The average molecular weight is 280 g/mol. The molecule has 4 nitrogen and oxygen atoms in total. The minimum Gasteiger partial charge on any atom is -0.459 e. The minimum absolute atomic E-state index is 0.324. The molecule has 1 heterocycles. The number of nitrogens with zero attached hydrogens (tertiary/aromatic N) is 2. The van der Waals surface area contributed by atoms with Gasteiger partial charge in [0.15, 0.2) is 0 Å². The normalized spacial score (nSPS) is 10.1. The van der Waals surface area contributed by atoms with Crippen LogP contribution in [0.15, 0.2) is 41.1 Å². The second-order valence-corrected chi connectivity index (χ2v) is 4.03. The van der Waals surface area contributed by atoms with E-state index in [1.807, 2.05) is 24.3 Å². The van der Waals surface area contributed by atoms with Crippen molar-refractivity contribution < 1.29 is 4.74 Å². The highest BCUT2D eigenvalue weighted by molar-refractivity contribution is 9.10. The van der Waals surface area contributed by atoms with Gasteiger partial charge in [-0.3, -0.25) is 0 Å². The standard InChI is InChI=1S/C11H10BrN3O/c12-10-4-2-1-3-8(10)7-16-11-14-5-9(13)6-15-11/h1-6H,7,13H2. The predicted octanol–water partition coefficient (Wildman–Crippen LogP) is 2.40. The SMILES string of the molecule is Nc1cnc(OCc2ccccc2Br)nc1. The first kappa shape index (κ1) is 10.9. The van der Waals surface area contributed by atoms with Crippen LogP contribution < -0.4 is 10.5 Å². The van der Waals surface area contributed by atoms with Crippen LogP contribution in [-0.2, 0) is 6.61 Å². The van der Waals surface area contributed by atoms with Gasteiger partial charge in [-0.25, -0.2) is 9.97 Å². The van der Waals surface area contributed by atoms with E-state index >= 15 is 0 Å². The zero-order valence-electron chi connectivity index (χ0n) is 8.43. The van der Waals surface area contributed by atoms with Crippen molar-refractivity contribution in [2.45, 2.75) is 6.61 Å². The second kappa shape index (κ2) is 4.94. The Bertz CT molecular complexity index is 473. The highest BCUT2D eigenvalue weighted by Crippen LogP contribution is 2.17. The maximum absolute atomic E-state index is 5.47. The van der Waals surface area contributed by atoms with Crippen LogP contribution in [0.25, 0.3) is 0 Å². The third-order valence-corrected chi connectivity index (χ3v) is 2.74. The van der Waals surface area contributed by atoms with E-state index in [4.69, 9.17) is 10.5 Å². The van der Waals surface area contributed by atoms with E-state index < -0.39 is 0 Å². The summed E-state index contributed by atoms with van der Waals surface area (Å²) >= 11 is 3.44. The molecule has 0 amide bonds. The zero-order chi connectivity index (χ0) is 11.4. The molecule has 0 bridgehead atoms. The first-order chi connectivity index (χ1) is 7.75. The van der Waals surface area contributed by atoms with Crippen LogP contribution >= 0.6 is 15.9 Å². The van der Waals surface area contributed by atoms with Gasteiger partial charge >= 0.3 is 6.01 Å². The van der Waals surface area contributed by atoms with Gasteiger partial charge in [-0.15, -0.1) is 0 Å². The topological polar surface area (TPSA) is 61.0 Å². The van der Waals surface area contributed by atoms with Crippen LogP contribution in [0.2, 0.25) is 0 Å². The van der Waals surface area contributed by atoms with Crippen molar-refractivity contribution in [3.63, 3.8) is 0 Å². The Morgan fingerprint density at radius 2 is 1.88 bits per heavy atom. The molecular weight excluding hydrogens is 270 g/mol. The molecule has 0 atom stereocenters. The van der Waals surface area contributed by atoms with Crippen molar-refractivity contribution in [3.8, 4) is 6.01 Å². The van der Waals surface area contributed by atoms with Gasteiger partial charge in [0.2, 0.25) is 0 Å². The molecule has 0 radical (unpaired) electrons. The number of benzene rings is 1. The minimum atomic E-state index is 0.324. The maximum atomic E-state index is 5.47. The fraction of sp³-hybridized carbons (Fsp3) is 0.0909. The fourth-order valence-electron chi connectivity index (χ4n) is 1.16.